The van der Waals surface area contributed by atoms with Gasteiger partial charge in [0.15, 0.2) is 0 Å². The summed E-state index contributed by atoms with van der Waals surface area (Å²) < 4.78 is 7.74. The molecule has 0 atom stereocenters. The van der Waals surface area contributed by atoms with Crippen molar-refractivity contribution in [3.63, 3.8) is 0 Å². The first-order valence-electron chi connectivity index (χ1n) is 11.6. The SMILES string of the molecule is Cc1ccc(C)c(OCCCCC(=O)NCc2cn(-c3ccccc3)nc2-c2ccncc2)c1. The summed E-state index contributed by atoms with van der Waals surface area (Å²) in [6, 6.07) is 20.0. The van der Waals surface area contributed by atoms with Gasteiger partial charge in [-0.05, 0) is 68.1 Å². The number of hydrogen-bond acceptors (Lipinski definition) is 4. The first-order chi connectivity index (χ1) is 16.6. The van der Waals surface area contributed by atoms with Crippen LogP contribution in [0.5, 0.6) is 5.75 Å². The molecule has 0 aliphatic carbocycles. The molecule has 6 heteroatoms. The molecule has 34 heavy (non-hydrogen) atoms. The predicted octanol–water partition coefficient (Wildman–Crippen LogP) is 5.42. The minimum Gasteiger partial charge on any atom is -0.493 e. The van der Waals surface area contributed by atoms with Crippen molar-refractivity contribution in [3.05, 3.63) is 95.9 Å². The standard InChI is InChI=1S/C28H30N4O2/c1-21-11-12-22(2)26(18-21)34-17-7-6-10-27(33)30-19-24-20-32(25-8-4-3-5-9-25)31-28(24)23-13-15-29-16-14-23/h3-5,8-9,11-16,18,20H,6-7,10,17,19H2,1-2H3,(H,30,33). The molecule has 0 saturated carbocycles. The first-order valence-corrected chi connectivity index (χ1v) is 11.6. The zero-order valence-electron chi connectivity index (χ0n) is 19.7. The number of aryl methyl sites for hydroxylation is 2. The van der Waals surface area contributed by atoms with Gasteiger partial charge in [0.05, 0.1) is 18.0 Å². The molecule has 0 aliphatic heterocycles. The minimum atomic E-state index is 0.0277. The Bertz CT molecular complexity index is 1220. The summed E-state index contributed by atoms with van der Waals surface area (Å²) in [6.45, 7) is 5.12. The van der Waals surface area contributed by atoms with E-state index in [1.54, 1.807) is 12.4 Å². The molecule has 2 aromatic carbocycles. The Hall–Kier alpha value is -3.93. The van der Waals surface area contributed by atoms with E-state index in [2.05, 4.69) is 35.4 Å². The summed E-state index contributed by atoms with van der Waals surface area (Å²) in [4.78, 5) is 16.6. The van der Waals surface area contributed by atoms with E-state index >= 15 is 0 Å². The Labute approximate surface area is 200 Å². The summed E-state index contributed by atoms with van der Waals surface area (Å²) in [5.74, 6) is 0.948. The lowest BCUT2D eigenvalue weighted by Crippen LogP contribution is -2.22. The Morgan fingerprint density at radius 3 is 2.59 bits per heavy atom. The third-order valence-corrected chi connectivity index (χ3v) is 5.64. The van der Waals surface area contributed by atoms with Gasteiger partial charge in [-0.2, -0.15) is 5.10 Å². The summed E-state index contributed by atoms with van der Waals surface area (Å²) in [7, 11) is 0. The van der Waals surface area contributed by atoms with Crippen LogP contribution in [0.25, 0.3) is 16.9 Å². The highest BCUT2D eigenvalue weighted by Crippen LogP contribution is 2.23. The quantitative estimate of drug-likeness (QED) is 0.325. The number of carbonyl (C=O) groups excluding carboxylic acids is 1. The molecule has 1 amide bonds. The molecule has 0 fully saturated rings. The van der Waals surface area contributed by atoms with Gasteiger partial charge >= 0.3 is 0 Å². The normalized spacial score (nSPS) is 10.8. The van der Waals surface area contributed by atoms with E-state index in [0.29, 0.717) is 19.6 Å². The number of para-hydroxylation sites is 1. The van der Waals surface area contributed by atoms with Crippen LogP contribution >= 0.6 is 0 Å². The number of nitrogens with one attached hydrogen (secondary N) is 1. The number of amides is 1. The lowest BCUT2D eigenvalue weighted by Gasteiger charge is -2.10. The first kappa shape index (κ1) is 23.2. The molecule has 174 valence electrons. The van der Waals surface area contributed by atoms with E-state index in [4.69, 9.17) is 9.84 Å². The van der Waals surface area contributed by atoms with Crippen molar-refractivity contribution in [1.29, 1.82) is 0 Å². The second-order valence-electron chi connectivity index (χ2n) is 8.37. The molecule has 0 saturated heterocycles. The second kappa shape index (κ2) is 11.3. The Balaban J connectivity index is 1.31. The maximum atomic E-state index is 12.5. The number of pyridine rings is 1. The molecule has 1 N–H and O–H groups in total. The number of benzene rings is 2. The van der Waals surface area contributed by atoms with Gasteiger partial charge in [-0.25, -0.2) is 4.68 Å². The zero-order chi connectivity index (χ0) is 23.8. The highest BCUT2D eigenvalue weighted by molar-refractivity contribution is 5.76. The summed E-state index contributed by atoms with van der Waals surface area (Å²) in [6.07, 6.45) is 7.54. The van der Waals surface area contributed by atoms with Gasteiger partial charge < -0.3 is 10.1 Å². The van der Waals surface area contributed by atoms with Crippen molar-refractivity contribution in [2.75, 3.05) is 6.61 Å². The van der Waals surface area contributed by atoms with E-state index in [1.165, 1.54) is 5.56 Å². The van der Waals surface area contributed by atoms with Crippen molar-refractivity contribution in [2.45, 2.75) is 39.7 Å². The minimum absolute atomic E-state index is 0.0277. The van der Waals surface area contributed by atoms with Crippen LogP contribution in [-0.4, -0.2) is 27.3 Å². The Kier molecular flexibility index (Phi) is 7.71. The number of unbranched alkanes of at least 4 members (excludes halogenated alkanes) is 1. The van der Waals surface area contributed by atoms with Crippen LogP contribution in [0, 0.1) is 13.8 Å². The van der Waals surface area contributed by atoms with Crippen LogP contribution in [0.15, 0.2) is 79.3 Å². The molecule has 2 aromatic heterocycles. The summed E-state index contributed by atoms with van der Waals surface area (Å²) in [5, 5.41) is 7.83. The van der Waals surface area contributed by atoms with Crippen molar-refractivity contribution < 1.29 is 9.53 Å². The fourth-order valence-electron chi connectivity index (χ4n) is 3.72. The summed E-state index contributed by atoms with van der Waals surface area (Å²) in [5.41, 5.74) is 6.05. The average Bonchev–Trinajstić information content (AvgIpc) is 3.30. The molecule has 2 heterocycles. The van der Waals surface area contributed by atoms with Crippen molar-refractivity contribution in [2.24, 2.45) is 0 Å². The van der Waals surface area contributed by atoms with Crippen LogP contribution in [-0.2, 0) is 11.3 Å². The molecule has 0 aliphatic rings. The van der Waals surface area contributed by atoms with Crippen LogP contribution in [0.4, 0.5) is 0 Å². The maximum Gasteiger partial charge on any atom is 0.220 e. The fraction of sp³-hybridized carbons (Fsp3) is 0.250. The number of ether oxygens (including phenoxy) is 1. The molecule has 0 bridgehead atoms. The number of hydrogen-bond donors (Lipinski definition) is 1. The van der Waals surface area contributed by atoms with Gasteiger partial charge in [-0.1, -0.05) is 30.3 Å². The molecule has 4 aromatic rings. The fourth-order valence-corrected chi connectivity index (χ4v) is 3.72. The number of carbonyl (C=O) groups is 1. The van der Waals surface area contributed by atoms with Gasteiger partial charge in [0.25, 0.3) is 0 Å². The number of nitrogens with zero attached hydrogens (tertiary/aromatic N) is 3. The van der Waals surface area contributed by atoms with Crippen LogP contribution in [0.1, 0.15) is 36.0 Å². The molecular formula is C28H30N4O2. The average molecular weight is 455 g/mol. The van der Waals surface area contributed by atoms with E-state index in [9.17, 15) is 4.79 Å². The number of aromatic nitrogens is 3. The molecule has 0 radical (unpaired) electrons. The van der Waals surface area contributed by atoms with Crippen LogP contribution in [0.2, 0.25) is 0 Å². The lowest BCUT2D eigenvalue weighted by molar-refractivity contribution is -0.121. The molecule has 4 rings (SSSR count). The zero-order valence-corrected chi connectivity index (χ0v) is 19.7. The second-order valence-corrected chi connectivity index (χ2v) is 8.37. The smallest absolute Gasteiger partial charge is 0.220 e. The van der Waals surface area contributed by atoms with Gasteiger partial charge in [0, 0.05) is 42.7 Å². The highest BCUT2D eigenvalue weighted by atomic mass is 16.5. The van der Waals surface area contributed by atoms with E-state index in [-0.39, 0.29) is 5.91 Å². The van der Waals surface area contributed by atoms with Crippen molar-refractivity contribution in [1.82, 2.24) is 20.1 Å². The number of rotatable bonds is 10. The van der Waals surface area contributed by atoms with Crippen molar-refractivity contribution >= 4 is 5.91 Å². The van der Waals surface area contributed by atoms with E-state index < -0.39 is 0 Å². The van der Waals surface area contributed by atoms with Crippen LogP contribution in [0.3, 0.4) is 0 Å². The van der Waals surface area contributed by atoms with Gasteiger partial charge in [-0.15, -0.1) is 0 Å². The van der Waals surface area contributed by atoms with E-state index in [0.717, 1.165) is 46.7 Å². The Morgan fingerprint density at radius 2 is 1.79 bits per heavy atom. The van der Waals surface area contributed by atoms with E-state index in [1.807, 2.05) is 60.3 Å². The molecule has 0 spiro atoms. The molecule has 6 nitrogen and oxygen atoms in total. The van der Waals surface area contributed by atoms with Gasteiger partial charge in [0.2, 0.25) is 5.91 Å². The highest BCUT2D eigenvalue weighted by Gasteiger charge is 2.13. The Morgan fingerprint density at radius 1 is 1.00 bits per heavy atom. The third-order valence-electron chi connectivity index (χ3n) is 5.64. The topological polar surface area (TPSA) is 69.0 Å². The maximum absolute atomic E-state index is 12.5. The molecular weight excluding hydrogens is 424 g/mol. The van der Waals surface area contributed by atoms with Crippen LogP contribution < -0.4 is 10.1 Å². The predicted molar refractivity (Wildman–Crippen MR) is 134 cm³/mol. The summed E-state index contributed by atoms with van der Waals surface area (Å²) >= 11 is 0. The third kappa shape index (κ3) is 6.10. The van der Waals surface area contributed by atoms with Crippen molar-refractivity contribution in [3.8, 4) is 22.7 Å². The lowest BCUT2D eigenvalue weighted by atomic mass is 10.1. The van der Waals surface area contributed by atoms with Gasteiger partial charge in [-0.3, -0.25) is 9.78 Å². The molecule has 0 unspecified atom stereocenters. The largest absolute Gasteiger partial charge is 0.493 e. The van der Waals surface area contributed by atoms with Gasteiger partial charge in [0.1, 0.15) is 5.75 Å². The monoisotopic (exact) mass is 454 g/mol.